The van der Waals surface area contributed by atoms with Gasteiger partial charge >= 0.3 is 0 Å². The molecule has 1 fully saturated rings. The first kappa shape index (κ1) is 14.7. The van der Waals surface area contributed by atoms with Crippen molar-refractivity contribution < 1.29 is 4.79 Å². The van der Waals surface area contributed by atoms with E-state index in [1.165, 1.54) is 5.56 Å². The SMILES string of the molecule is CCc1cnc(C)nc1C[C@@H]1CC(=O)N(c2ccccc2)C1. The lowest BCUT2D eigenvalue weighted by Gasteiger charge is -2.17. The van der Waals surface area contributed by atoms with E-state index in [1.807, 2.05) is 48.4 Å². The Kier molecular flexibility index (Phi) is 4.18. The summed E-state index contributed by atoms with van der Waals surface area (Å²) in [4.78, 5) is 23.0. The van der Waals surface area contributed by atoms with Gasteiger partial charge < -0.3 is 4.90 Å². The third-order valence-electron chi connectivity index (χ3n) is 4.21. The first-order valence-electron chi connectivity index (χ1n) is 7.84. The Bertz CT molecular complexity index is 669. The summed E-state index contributed by atoms with van der Waals surface area (Å²) in [6.45, 7) is 4.81. The van der Waals surface area contributed by atoms with Crippen LogP contribution in [0.5, 0.6) is 0 Å². The molecule has 22 heavy (non-hydrogen) atoms. The van der Waals surface area contributed by atoms with E-state index in [0.717, 1.165) is 36.6 Å². The Balaban J connectivity index is 1.76. The van der Waals surface area contributed by atoms with Crippen LogP contribution in [0.25, 0.3) is 0 Å². The first-order chi connectivity index (χ1) is 10.7. The Morgan fingerprint density at radius 1 is 1.27 bits per heavy atom. The lowest BCUT2D eigenvalue weighted by atomic mass is 9.99. The van der Waals surface area contributed by atoms with Crippen molar-refractivity contribution in [2.45, 2.75) is 33.1 Å². The van der Waals surface area contributed by atoms with Gasteiger partial charge in [0.2, 0.25) is 5.91 Å². The van der Waals surface area contributed by atoms with Crippen LogP contribution in [-0.2, 0) is 17.6 Å². The molecule has 0 bridgehead atoms. The Morgan fingerprint density at radius 3 is 2.77 bits per heavy atom. The highest BCUT2D eigenvalue weighted by atomic mass is 16.2. The van der Waals surface area contributed by atoms with Gasteiger partial charge in [0.1, 0.15) is 5.82 Å². The number of carbonyl (C=O) groups excluding carboxylic acids is 1. The Morgan fingerprint density at radius 2 is 2.05 bits per heavy atom. The second-order valence-electron chi connectivity index (χ2n) is 5.86. The fourth-order valence-electron chi connectivity index (χ4n) is 3.06. The van der Waals surface area contributed by atoms with Crippen molar-refractivity contribution in [3.63, 3.8) is 0 Å². The fourth-order valence-corrected chi connectivity index (χ4v) is 3.06. The zero-order valence-corrected chi connectivity index (χ0v) is 13.1. The molecule has 1 aliphatic heterocycles. The standard InChI is InChI=1S/C18H21N3O/c1-3-15-11-19-13(2)20-17(15)9-14-10-18(22)21(12-14)16-7-5-4-6-8-16/h4-8,11,14H,3,9-10,12H2,1-2H3/t14-/m1/s1. The zero-order valence-electron chi connectivity index (χ0n) is 13.1. The molecule has 1 atom stereocenters. The van der Waals surface area contributed by atoms with Gasteiger partial charge in [0.15, 0.2) is 0 Å². The summed E-state index contributed by atoms with van der Waals surface area (Å²) >= 11 is 0. The molecule has 4 nitrogen and oxygen atoms in total. The molecular formula is C18H21N3O. The predicted octanol–water partition coefficient (Wildman–Crippen LogP) is 2.94. The van der Waals surface area contributed by atoms with E-state index in [9.17, 15) is 4.79 Å². The third kappa shape index (κ3) is 3.01. The number of anilines is 1. The van der Waals surface area contributed by atoms with Crippen molar-refractivity contribution in [1.29, 1.82) is 0 Å². The molecule has 1 aromatic carbocycles. The van der Waals surface area contributed by atoms with Gasteiger partial charge in [0.25, 0.3) is 0 Å². The number of para-hydroxylation sites is 1. The summed E-state index contributed by atoms with van der Waals surface area (Å²) in [5, 5.41) is 0. The fraction of sp³-hybridized carbons (Fsp3) is 0.389. The van der Waals surface area contributed by atoms with Crippen molar-refractivity contribution in [3.05, 3.63) is 53.6 Å². The molecule has 1 amide bonds. The number of hydrogen-bond donors (Lipinski definition) is 0. The highest BCUT2D eigenvalue weighted by molar-refractivity contribution is 5.95. The summed E-state index contributed by atoms with van der Waals surface area (Å²) in [5.41, 5.74) is 3.28. The number of hydrogen-bond acceptors (Lipinski definition) is 3. The zero-order chi connectivity index (χ0) is 15.5. The van der Waals surface area contributed by atoms with Crippen LogP contribution >= 0.6 is 0 Å². The number of aromatic nitrogens is 2. The van der Waals surface area contributed by atoms with Crippen LogP contribution in [0, 0.1) is 12.8 Å². The van der Waals surface area contributed by atoms with E-state index in [0.29, 0.717) is 12.3 Å². The van der Waals surface area contributed by atoms with E-state index in [2.05, 4.69) is 16.9 Å². The van der Waals surface area contributed by atoms with E-state index in [4.69, 9.17) is 0 Å². The largest absolute Gasteiger partial charge is 0.312 e. The van der Waals surface area contributed by atoms with Crippen LogP contribution < -0.4 is 4.90 Å². The smallest absolute Gasteiger partial charge is 0.227 e. The maximum absolute atomic E-state index is 12.3. The molecule has 2 aromatic rings. The van der Waals surface area contributed by atoms with Gasteiger partial charge in [-0.25, -0.2) is 9.97 Å². The van der Waals surface area contributed by atoms with Crippen molar-refractivity contribution >= 4 is 11.6 Å². The monoisotopic (exact) mass is 295 g/mol. The van der Waals surface area contributed by atoms with E-state index in [-0.39, 0.29) is 5.91 Å². The number of amides is 1. The lowest BCUT2D eigenvalue weighted by Crippen LogP contribution is -2.24. The molecule has 0 radical (unpaired) electrons. The average Bonchev–Trinajstić information content (AvgIpc) is 2.89. The minimum atomic E-state index is 0.208. The Hall–Kier alpha value is -2.23. The van der Waals surface area contributed by atoms with Crippen LogP contribution in [0.2, 0.25) is 0 Å². The predicted molar refractivity (Wildman–Crippen MR) is 86.8 cm³/mol. The number of benzene rings is 1. The molecule has 3 rings (SSSR count). The molecule has 2 heterocycles. The van der Waals surface area contributed by atoms with Gasteiger partial charge in [-0.3, -0.25) is 4.79 Å². The third-order valence-corrected chi connectivity index (χ3v) is 4.21. The van der Waals surface area contributed by atoms with Crippen molar-refractivity contribution in [3.8, 4) is 0 Å². The number of nitrogens with zero attached hydrogens (tertiary/aromatic N) is 3. The van der Waals surface area contributed by atoms with Gasteiger partial charge in [-0.2, -0.15) is 0 Å². The lowest BCUT2D eigenvalue weighted by molar-refractivity contribution is -0.117. The van der Waals surface area contributed by atoms with Crippen LogP contribution in [-0.4, -0.2) is 22.4 Å². The average molecular weight is 295 g/mol. The van der Waals surface area contributed by atoms with Crippen molar-refractivity contribution in [2.24, 2.45) is 5.92 Å². The number of aryl methyl sites for hydroxylation is 2. The van der Waals surface area contributed by atoms with Crippen molar-refractivity contribution in [1.82, 2.24) is 9.97 Å². The maximum Gasteiger partial charge on any atom is 0.227 e. The minimum Gasteiger partial charge on any atom is -0.312 e. The van der Waals surface area contributed by atoms with Crippen LogP contribution in [0.15, 0.2) is 36.5 Å². The maximum atomic E-state index is 12.3. The molecule has 1 aliphatic rings. The first-order valence-corrected chi connectivity index (χ1v) is 7.84. The van der Waals surface area contributed by atoms with Gasteiger partial charge in [-0.05, 0) is 43.4 Å². The summed E-state index contributed by atoms with van der Waals surface area (Å²) < 4.78 is 0. The summed E-state index contributed by atoms with van der Waals surface area (Å²) in [7, 11) is 0. The van der Waals surface area contributed by atoms with E-state index < -0.39 is 0 Å². The minimum absolute atomic E-state index is 0.208. The highest BCUT2D eigenvalue weighted by Gasteiger charge is 2.31. The number of rotatable bonds is 4. The van der Waals surface area contributed by atoms with E-state index in [1.54, 1.807) is 0 Å². The van der Waals surface area contributed by atoms with Crippen molar-refractivity contribution in [2.75, 3.05) is 11.4 Å². The highest BCUT2D eigenvalue weighted by Crippen LogP contribution is 2.27. The normalized spacial score (nSPS) is 18.0. The molecule has 0 aliphatic carbocycles. The molecule has 1 aromatic heterocycles. The molecule has 4 heteroatoms. The van der Waals surface area contributed by atoms with Gasteiger partial charge in [0, 0.05) is 30.5 Å². The Labute approximate surface area is 131 Å². The molecule has 114 valence electrons. The number of carbonyl (C=O) groups is 1. The van der Waals surface area contributed by atoms with Crippen LogP contribution in [0.4, 0.5) is 5.69 Å². The second kappa shape index (κ2) is 6.26. The molecule has 0 unspecified atom stereocenters. The van der Waals surface area contributed by atoms with Gasteiger partial charge in [-0.1, -0.05) is 25.1 Å². The quantitative estimate of drug-likeness (QED) is 0.871. The van der Waals surface area contributed by atoms with Crippen LogP contribution in [0.1, 0.15) is 30.4 Å². The summed E-state index contributed by atoms with van der Waals surface area (Å²) in [6, 6.07) is 9.90. The topological polar surface area (TPSA) is 46.1 Å². The summed E-state index contributed by atoms with van der Waals surface area (Å²) in [5.74, 6) is 1.34. The second-order valence-corrected chi connectivity index (χ2v) is 5.86. The molecule has 0 N–H and O–H groups in total. The molecule has 0 saturated carbocycles. The van der Waals surface area contributed by atoms with E-state index >= 15 is 0 Å². The molecule has 0 spiro atoms. The van der Waals surface area contributed by atoms with Gasteiger partial charge in [0.05, 0.1) is 0 Å². The van der Waals surface area contributed by atoms with Gasteiger partial charge in [-0.15, -0.1) is 0 Å². The summed E-state index contributed by atoms with van der Waals surface area (Å²) in [6.07, 6.45) is 4.30. The molecular weight excluding hydrogens is 274 g/mol. The molecule has 1 saturated heterocycles. The van der Waals surface area contributed by atoms with Crippen LogP contribution in [0.3, 0.4) is 0 Å².